The minimum atomic E-state index is -4.66. The van der Waals surface area contributed by atoms with E-state index in [2.05, 4.69) is 15.9 Å². The number of rotatable bonds is 3. The van der Waals surface area contributed by atoms with Gasteiger partial charge in [-0.25, -0.2) is 8.42 Å². The average molecular weight is 353 g/mol. The highest BCUT2D eigenvalue weighted by Crippen LogP contribution is 2.36. The average Bonchev–Trinajstić information content (AvgIpc) is 2.19. The SMILES string of the molecule is O=S(=O)(CCl)Nc1ccc(Br)cc1C(F)(F)F. The number of hydrogen-bond acceptors (Lipinski definition) is 2. The largest absolute Gasteiger partial charge is 0.418 e. The van der Waals surface area contributed by atoms with Crippen LogP contribution in [0.4, 0.5) is 18.9 Å². The fourth-order valence-electron chi connectivity index (χ4n) is 1.03. The zero-order chi connectivity index (χ0) is 13.3. The molecule has 0 unspecified atom stereocenters. The minimum absolute atomic E-state index is 0.193. The topological polar surface area (TPSA) is 46.2 Å². The maximum atomic E-state index is 12.6. The van der Waals surface area contributed by atoms with E-state index in [1.807, 2.05) is 0 Å². The molecule has 17 heavy (non-hydrogen) atoms. The molecule has 0 aliphatic heterocycles. The molecule has 1 aromatic carbocycles. The molecule has 9 heteroatoms. The molecule has 0 amide bonds. The van der Waals surface area contributed by atoms with Crippen molar-refractivity contribution in [1.29, 1.82) is 0 Å². The zero-order valence-electron chi connectivity index (χ0n) is 8.05. The predicted octanol–water partition coefficient (Wildman–Crippen LogP) is 3.41. The smallest absolute Gasteiger partial charge is 0.282 e. The van der Waals surface area contributed by atoms with Gasteiger partial charge in [0.05, 0.1) is 11.3 Å². The molecule has 0 bridgehead atoms. The Kier molecular flexibility index (Phi) is 4.32. The van der Waals surface area contributed by atoms with Gasteiger partial charge in [0.1, 0.15) is 5.21 Å². The van der Waals surface area contributed by atoms with E-state index in [0.29, 0.717) is 0 Å². The molecule has 0 heterocycles. The molecule has 0 spiro atoms. The molecule has 0 aliphatic carbocycles. The van der Waals surface area contributed by atoms with Crippen LogP contribution in [0.15, 0.2) is 22.7 Å². The highest BCUT2D eigenvalue weighted by atomic mass is 79.9. The Morgan fingerprint density at radius 1 is 1.35 bits per heavy atom. The van der Waals surface area contributed by atoms with Crippen LogP contribution >= 0.6 is 27.5 Å². The third-order valence-corrected chi connectivity index (χ3v) is 3.87. The number of sulfonamides is 1. The van der Waals surface area contributed by atoms with Gasteiger partial charge >= 0.3 is 6.18 Å². The van der Waals surface area contributed by atoms with Crippen molar-refractivity contribution in [2.24, 2.45) is 0 Å². The van der Waals surface area contributed by atoms with Crippen molar-refractivity contribution in [2.45, 2.75) is 6.18 Å². The summed E-state index contributed by atoms with van der Waals surface area (Å²) < 4.78 is 62.0. The van der Waals surface area contributed by atoms with Crippen LogP contribution < -0.4 is 4.72 Å². The summed E-state index contributed by atoms with van der Waals surface area (Å²) in [6, 6.07) is 3.09. The van der Waals surface area contributed by atoms with E-state index in [9.17, 15) is 21.6 Å². The Bertz CT molecular complexity index is 518. The van der Waals surface area contributed by atoms with Gasteiger partial charge in [0.25, 0.3) is 0 Å². The van der Waals surface area contributed by atoms with Gasteiger partial charge in [0, 0.05) is 4.47 Å². The highest BCUT2D eigenvalue weighted by molar-refractivity contribution is 9.10. The molecule has 3 nitrogen and oxygen atoms in total. The van der Waals surface area contributed by atoms with Crippen molar-refractivity contribution in [3.05, 3.63) is 28.2 Å². The summed E-state index contributed by atoms with van der Waals surface area (Å²) in [5, 5.41) is -0.819. The molecule has 0 fully saturated rings. The van der Waals surface area contributed by atoms with Crippen LogP contribution in [0.3, 0.4) is 0 Å². The van der Waals surface area contributed by atoms with Crippen molar-refractivity contribution in [3.63, 3.8) is 0 Å². The zero-order valence-corrected chi connectivity index (χ0v) is 11.2. The molecule has 1 N–H and O–H groups in total. The third kappa shape index (κ3) is 4.04. The van der Waals surface area contributed by atoms with Crippen molar-refractivity contribution in [3.8, 4) is 0 Å². The van der Waals surface area contributed by atoms with E-state index < -0.39 is 32.7 Å². The minimum Gasteiger partial charge on any atom is -0.282 e. The van der Waals surface area contributed by atoms with Crippen LogP contribution in [-0.4, -0.2) is 13.6 Å². The van der Waals surface area contributed by atoms with Crippen molar-refractivity contribution in [1.82, 2.24) is 0 Å². The quantitative estimate of drug-likeness (QED) is 0.848. The molecule has 96 valence electrons. The van der Waals surface area contributed by atoms with E-state index in [4.69, 9.17) is 11.6 Å². The fourth-order valence-corrected chi connectivity index (χ4v) is 2.13. The predicted molar refractivity (Wildman–Crippen MR) is 62.4 cm³/mol. The second-order valence-electron chi connectivity index (χ2n) is 3.01. The van der Waals surface area contributed by atoms with Gasteiger partial charge in [-0.05, 0) is 18.2 Å². The summed E-state index contributed by atoms with van der Waals surface area (Å²) in [5.41, 5.74) is -1.64. The summed E-state index contributed by atoms with van der Waals surface area (Å²) in [7, 11) is -3.97. The van der Waals surface area contributed by atoms with Crippen molar-refractivity contribution >= 4 is 43.2 Å². The molecular weight excluding hydrogens is 347 g/mol. The van der Waals surface area contributed by atoms with Gasteiger partial charge in [-0.2, -0.15) is 13.2 Å². The Morgan fingerprint density at radius 2 is 1.94 bits per heavy atom. The fraction of sp³-hybridized carbons (Fsp3) is 0.250. The number of benzene rings is 1. The van der Waals surface area contributed by atoms with E-state index in [1.165, 1.54) is 6.07 Å². The Morgan fingerprint density at radius 3 is 2.41 bits per heavy atom. The van der Waals surface area contributed by atoms with Crippen LogP contribution in [0.5, 0.6) is 0 Å². The van der Waals surface area contributed by atoms with E-state index >= 15 is 0 Å². The van der Waals surface area contributed by atoms with Gasteiger partial charge in [-0.3, -0.25) is 4.72 Å². The first kappa shape index (κ1) is 14.6. The van der Waals surface area contributed by atoms with E-state index in [-0.39, 0.29) is 4.47 Å². The number of hydrogen-bond donors (Lipinski definition) is 1. The van der Waals surface area contributed by atoms with E-state index in [1.54, 1.807) is 4.72 Å². The number of alkyl halides is 4. The lowest BCUT2D eigenvalue weighted by molar-refractivity contribution is -0.136. The van der Waals surface area contributed by atoms with Crippen LogP contribution in [0, 0.1) is 0 Å². The number of halogens is 5. The monoisotopic (exact) mass is 351 g/mol. The lowest BCUT2D eigenvalue weighted by Gasteiger charge is -2.14. The van der Waals surface area contributed by atoms with Gasteiger partial charge in [-0.15, -0.1) is 11.6 Å². The Balaban J connectivity index is 3.26. The first-order chi connectivity index (χ1) is 7.65. The molecule has 0 radical (unpaired) electrons. The van der Waals surface area contributed by atoms with Crippen LogP contribution in [0.1, 0.15) is 5.56 Å². The second-order valence-corrected chi connectivity index (χ2v) is 6.24. The first-order valence-electron chi connectivity index (χ1n) is 4.09. The first-order valence-corrected chi connectivity index (χ1v) is 7.07. The normalized spacial score (nSPS) is 12.5. The van der Waals surface area contributed by atoms with Gasteiger partial charge in [0.2, 0.25) is 10.0 Å². The molecule has 0 aliphatic rings. The second kappa shape index (κ2) is 5.03. The van der Waals surface area contributed by atoms with Crippen molar-refractivity contribution < 1.29 is 21.6 Å². The summed E-state index contributed by atoms with van der Waals surface area (Å²) in [6.45, 7) is 0. The molecule has 0 atom stereocenters. The lowest BCUT2D eigenvalue weighted by Crippen LogP contribution is -2.17. The van der Waals surface area contributed by atoms with Gasteiger partial charge in [0.15, 0.2) is 0 Å². The number of nitrogens with one attached hydrogen (secondary N) is 1. The summed E-state index contributed by atoms with van der Waals surface area (Å²) >= 11 is 7.98. The molecule has 0 saturated heterocycles. The summed E-state index contributed by atoms with van der Waals surface area (Å²) in [6.07, 6.45) is -4.66. The van der Waals surface area contributed by atoms with Gasteiger partial charge < -0.3 is 0 Å². The molecule has 0 aromatic heterocycles. The molecular formula is C8H6BrClF3NO2S. The highest BCUT2D eigenvalue weighted by Gasteiger charge is 2.34. The maximum absolute atomic E-state index is 12.6. The third-order valence-electron chi connectivity index (χ3n) is 1.70. The maximum Gasteiger partial charge on any atom is 0.418 e. The Hall–Kier alpha value is -0.470. The number of anilines is 1. The summed E-state index contributed by atoms with van der Waals surface area (Å²) in [5.74, 6) is 0. The lowest BCUT2D eigenvalue weighted by atomic mass is 10.2. The molecule has 0 saturated carbocycles. The standard InChI is InChI=1S/C8H6BrClF3NO2S/c9-5-1-2-7(14-17(15,16)4-10)6(3-5)8(11,12)13/h1-3,14H,4H2. The molecule has 1 rings (SSSR count). The van der Waals surface area contributed by atoms with Gasteiger partial charge in [-0.1, -0.05) is 15.9 Å². The summed E-state index contributed by atoms with van der Waals surface area (Å²) in [4.78, 5) is 0. The van der Waals surface area contributed by atoms with Crippen LogP contribution in [-0.2, 0) is 16.2 Å². The Labute approximate surface area is 109 Å². The van der Waals surface area contributed by atoms with Crippen LogP contribution in [0.2, 0.25) is 0 Å². The van der Waals surface area contributed by atoms with Crippen molar-refractivity contribution in [2.75, 3.05) is 9.93 Å². The molecule has 1 aromatic rings. The van der Waals surface area contributed by atoms with Crippen LogP contribution in [0.25, 0.3) is 0 Å². The van der Waals surface area contributed by atoms with E-state index in [0.717, 1.165) is 12.1 Å².